The van der Waals surface area contributed by atoms with Crippen LogP contribution in [0.15, 0.2) is 47.4 Å². The van der Waals surface area contributed by atoms with E-state index in [1.807, 2.05) is 0 Å². The first-order valence-corrected chi connectivity index (χ1v) is 7.19. The van der Waals surface area contributed by atoms with Gasteiger partial charge in [0.25, 0.3) is 0 Å². The number of nitrogen functional groups attached to an aromatic ring is 1. The van der Waals surface area contributed by atoms with E-state index in [1.54, 1.807) is 0 Å². The zero-order chi connectivity index (χ0) is 15.6. The highest BCUT2D eigenvalue weighted by Gasteiger charge is 2.30. The minimum atomic E-state index is -4.45. The molecule has 0 aromatic heterocycles. The number of hydrogen-bond donors (Lipinski definition) is 1. The molecule has 1 atom stereocenters. The third-order valence-corrected chi connectivity index (χ3v) is 4.23. The number of halogens is 4. The van der Waals surface area contributed by atoms with E-state index in [0.717, 1.165) is 24.3 Å². The van der Waals surface area contributed by atoms with Crippen molar-refractivity contribution in [1.82, 2.24) is 0 Å². The lowest BCUT2D eigenvalue weighted by Gasteiger charge is -2.09. The zero-order valence-corrected chi connectivity index (χ0v) is 11.5. The van der Waals surface area contributed by atoms with Crippen LogP contribution >= 0.6 is 0 Å². The minimum Gasteiger partial charge on any atom is -0.398 e. The van der Waals surface area contributed by atoms with Crippen molar-refractivity contribution < 1.29 is 21.8 Å². The van der Waals surface area contributed by atoms with Crippen molar-refractivity contribution in [3.05, 3.63) is 59.4 Å². The molecule has 0 saturated heterocycles. The van der Waals surface area contributed by atoms with E-state index in [4.69, 9.17) is 5.73 Å². The Labute approximate surface area is 121 Å². The fourth-order valence-corrected chi connectivity index (χ4v) is 2.97. The molecule has 0 aliphatic heterocycles. The smallest absolute Gasteiger partial charge is 0.398 e. The molecule has 2 N–H and O–H groups in total. The summed E-state index contributed by atoms with van der Waals surface area (Å²) in [5.41, 5.74) is 5.04. The first kappa shape index (κ1) is 15.5. The van der Waals surface area contributed by atoms with Crippen molar-refractivity contribution >= 4 is 16.5 Å². The SMILES string of the molecule is Nc1cc(F)ccc1S(=O)Cc1cccc(C(F)(F)F)c1. The second-order valence-corrected chi connectivity index (χ2v) is 5.79. The highest BCUT2D eigenvalue weighted by molar-refractivity contribution is 7.84. The lowest BCUT2D eigenvalue weighted by molar-refractivity contribution is -0.137. The fraction of sp³-hybridized carbons (Fsp3) is 0.143. The van der Waals surface area contributed by atoms with Crippen molar-refractivity contribution in [2.75, 3.05) is 5.73 Å². The summed E-state index contributed by atoms with van der Waals surface area (Å²) in [6, 6.07) is 8.00. The zero-order valence-electron chi connectivity index (χ0n) is 10.7. The second-order valence-electron chi connectivity index (χ2n) is 4.37. The Morgan fingerprint density at radius 2 is 1.81 bits per heavy atom. The molecule has 0 spiro atoms. The van der Waals surface area contributed by atoms with Gasteiger partial charge in [-0.05, 0) is 29.8 Å². The predicted molar refractivity (Wildman–Crippen MR) is 72.4 cm³/mol. The summed E-state index contributed by atoms with van der Waals surface area (Å²) in [4.78, 5) is 0.203. The molecule has 0 fully saturated rings. The summed E-state index contributed by atoms with van der Waals surface area (Å²) >= 11 is 0. The van der Waals surface area contributed by atoms with Crippen LogP contribution in [0.2, 0.25) is 0 Å². The molecule has 2 aromatic rings. The third-order valence-electron chi connectivity index (χ3n) is 2.77. The van der Waals surface area contributed by atoms with Gasteiger partial charge in [0.15, 0.2) is 0 Å². The summed E-state index contributed by atoms with van der Waals surface area (Å²) in [6.45, 7) is 0. The summed E-state index contributed by atoms with van der Waals surface area (Å²) in [5.74, 6) is -0.688. The number of benzene rings is 2. The van der Waals surface area contributed by atoms with Gasteiger partial charge in [0.1, 0.15) is 5.82 Å². The Kier molecular flexibility index (Phi) is 4.32. The summed E-state index contributed by atoms with van der Waals surface area (Å²) < 4.78 is 62.9. The van der Waals surface area contributed by atoms with Crippen LogP contribution in [-0.4, -0.2) is 4.21 Å². The molecule has 7 heteroatoms. The fourth-order valence-electron chi connectivity index (χ4n) is 1.79. The van der Waals surface area contributed by atoms with E-state index >= 15 is 0 Å². The van der Waals surface area contributed by atoms with E-state index in [-0.39, 0.29) is 21.9 Å². The van der Waals surface area contributed by atoms with Gasteiger partial charge in [-0.25, -0.2) is 4.39 Å². The molecule has 0 amide bonds. The number of rotatable bonds is 3. The van der Waals surface area contributed by atoms with Gasteiger partial charge in [0, 0.05) is 0 Å². The molecular weight excluding hydrogens is 306 g/mol. The lowest BCUT2D eigenvalue weighted by Crippen LogP contribution is -2.06. The molecule has 1 unspecified atom stereocenters. The summed E-state index contributed by atoms with van der Waals surface area (Å²) in [7, 11) is -1.65. The van der Waals surface area contributed by atoms with Crippen molar-refractivity contribution in [3.8, 4) is 0 Å². The Bertz CT molecular complexity index is 685. The van der Waals surface area contributed by atoms with Gasteiger partial charge in [-0.2, -0.15) is 13.2 Å². The van der Waals surface area contributed by atoms with Crippen LogP contribution in [0, 0.1) is 5.82 Å². The standard InChI is InChI=1S/C14H11F4NOS/c15-11-4-5-13(12(19)7-11)21(20)8-9-2-1-3-10(6-9)14(16,17)18/h1-7H,8,19H2. The molecule has 0 heterocycles. The van der Waals surface area contributed by atoms with E-state index in [1.165, 1.54) is 18.2 Å². The predicted octanol–water partition coefficient (Wildman–Crippen LogP) is 3.73. The van der Waals surface area contributed by atoms with Gasteiger partial charge in [-0.3, -0.25) is 4.21 Å². The quantitative estimate of drug-likeness (QED) is 0.692. The van der Waals surface area contributed by atoms with E-state index in [9.17, 15) is 21.8 Å². The maximum absolute atomic E-state index is 12.9. The molecule has 0 radical (unpaired) electrons. The van der Waals surface area contributed by atoms with Crippen molar-refractivity contribution in [3.63, 3.8) is 0 Å². The van der Waals surface area contributed by atoms with Gasteiger partial charge in [0.05, 0.1) is 32.7 Å². The summed E-state index contributed by atoms with van der Waals surface area (Å²) in [5, 5.41) is 0. The highest BCUT2D eigenvalue weighted by atomic mass is 32.2. The third kappa shape index (κ3) is 3.81. The van der Waals surface area contributed by atoms with Crippen molar-refractivity contribution in [2.24, 2.45) is 0 Å². The number of hydrogen-bond acceptors (Lipinski definition) is 2. The van der Waals surface area contributed by atoms with Crippen LogP contribution in [-0.2, 0) is 22.7 Å². The number of anilines is 1. The van der Waals surface area contributed by atoms with Crippen LogP contribution in [0.3, 0.4) is 0 Å². The maximum Gasteiger partial charge on any atom is 0.416 e. The second kappa shape index (κ2) is 5.85. The normalized spacial score (nSPS) is 13.1. The molecule has 0 saturated carbocycles. The molecular formula is C14H11F4NOS. The van der Waals surface area contributed by atoms with E-state index in [2.05, 4.69) is 0 Å². The van der Waals surface area contributed by atoms with Crippen molar-refractivity contribution in [2.45, 2.75) is 16.8 Å². The topological polar surface area (TPSA) is 43.1 Å². The molecule has 0 bridgehead atoms. The minimum absolute atomic E-state index is 0.0142. The molecule has 2 rings (SSSR count). The average Bonchev–Trinajstić information content (AvgIpc) is 2.37. The molecule has 2 nitrogen and oxygen atoms in total. The van der Waals surface area contributed by atoms with Gasteiger partial charge in [0.2, 0.25) is 0 Å². The Balaban J connectivity index is 2.24. The number of alkyl halides is 3. The average molecular weight is 317 g/mol. The van der Waals surface area contributed by atoms with E-state index < -0.39 is 28.4 Å². The van der Waals surface area contributed by atoms with Gasteiger partial charge in [-0.15, -0.1) is 0 Å². The first-order valence-electron chi connectivity index (χ1n) is 5.87. The van der Waals surface area contributed by atoms with Crippen LogP contribution < -0.4 is 5.73 Å². The largest absolute Gasteiger partial charge is 0.416 e. The van der Waals surface area contributed by atoms with Gasteiger partial charge in [-0.1, -0.05) is 18.2 Å². The molecule has 21 heavy (non-hydrogen) atoms. The van der Waals surface area contributed by atoms with Crippen molar-refractivity contribution in [1.29, 1.82) is 0 Å². The molecule has 0 aliphatic carbocycles. The van der Waals surface area contributed by atoms with E-state index in [0.29, 0.717) is 0 Å². The molecule has 112 valence electrons. The highest BCUT2D eigenvalue weighted by Crippen LogP contribution is 2.30. The Morgan fingerprint density at radius 3 is 2.43 bits per heavy atom. The number of nitrogens with two attached hydrogens (primary N) is 1. The van der Waals surface area contributed by atoms with Crippen LogP contribution in [0.25, 0.3) is 0 Å². The van der Waals surface area contributed by atoms with Crippen LogP contribution in [0.4, 0.5) is 23.2 Å². The monoisotopic (exact) mass is 317 g/mol. The molecule has 2 aromatic carbocycles. The Hall–Kier alpha value is -1.89. The van der Waals surface area contributed by atoms with Gasteiger partial charge < -0.3 is 5.73 Å². The van der Waals surface area contributed by atoms with Gasteiger partial charge >= 0.3 is 6.18 Å². The first-order chi connectivity index (χ1) is 9.77. The summed E-state index contributed by atoms with van der Waals surface area (Å²) in [6.07, 6.45) is -4.45. The van der Waals surface area contributed by atoms with Crippen LogP contribution in [0.5, 0.6) is 0 Å². The molecule has 0 aliphatic rings. The van der Waals surface area contributed by atoms with Crippen LogP contribution in [0.1, 0.15) is 11.1 Å². The Morgan fingerprint density at radius 1 is 1.10 bits per heavy atom. The lowest BCUT2D eigenvalue weighted by atomic mass is 10.1. The maximum atomic E-state index is 12.9.